The minimum absolute atomic E-state index is 0.660. The molecule has 0 aliphatic rings. The van der Waals surface area contributed by atoms with Crippen LogP contribution in [0.15, 0.2) is 0 Å². The van der Waals surface area contributed by atoms with Gasteiger partial charge in [0.1, 0.15) is 0 Å². The minimum atomic E-state index is -3.53. The van der Waals surface area contributed by atoms with Crippen LogP contribution in [-0.4, -0.2) is 47.7 Å². The van der Waals surface area contributed by atoms with Crippen LogP contribution in [0.2, 0.25) is 0 Å². The summed E-state index contributed by atoms with van der Waals surface area (Å²) >= 11 is 7.27. The maximum atomic E-state index is 11.4. The van der Waals surface area contributed by atoms with Crippen molar-refractivity contribution >= 4 is 36.2 Å². The number of rotatable bonds is 46. The molecule has 0 unspecified atom stereocenters. The molecule has 0 aromatic carbocycles. The van der Waals surface area contributed by atoms with Crippen molar-refractivity contribution < 1.29 is 23.4 Å². The summed E-state index contributed by atoms with van der Waals surface area (Å²) in [4.78, 5) is 22.7. The number of hydrogen-bond donors (Lipinski definition) is 2. The van der Waals surface area contributed by atoms with Gasteiger partial charge in [-0.2, -0.15) is 0 Å². The zero-order valence-electron chi connectivity index (χ0n) is 39.5. The fraction of sp³-hybridized carbons (Fsp3) is 1.00. The van der Waals surface area contributed by atoms with Crippen LogP contribution in [0, 0.1) is 0 Å². The summed E-state index contributed by atoms with van der Waals surface area (Å²) in [6.45, 7) is 13.0. The van der Waals surface area contributed by atoms with Crippen molar-refractivity contribution in [2.45, 2.75) is 273 Å². The van der Waals surface area contributed by atoms with Crippen LogP contribution in [0.4, 0.5) is 0 Å². The van der Waals surface area contributed by atoms with Gasteiger partial charge in [0.2, 0.25) is 0 Å². The van der Waals surface area contributed by atoms with Crippen LogP contribution >= 0.6 is 24.4 Å². The number of unbranched alkanes of at least 4 members (excludes halogenated alkanes) is 30. The quantitative estimate of drug-likeness (QED) is 0.0466. The monoisotopic (exact) mass is 887 g/mol. The van der Waals surface area contributed by atoms with E-state index in [1.54, 1.807) is 11.4 Å². The van der Waals surface area contributed by atoms with Gasteiger partial charge in [-0.25, -0.2) is 0 Å². The molecule has 0 saturated heterocycles. The maximum absolute atomic E-state index is 11.4. The Bertz CT molecular complexity index is 762. The Kier molecular flexibility index (Phi) is 47.9. The molecule has 0 aliphatic heterocycles. The predicted molar refractivity (Wildman–Crippen MR) is 266 cm³/mol. The molecule has 0 aliphatic carbocycles. The van der Waals surface area contributed by atoms with Gasteiger partial charge >= 0.3 is 189 Å². The first-order valence-electron chi connectivity index (χ1n) is 25.3. The molecule has 9 heteroatoms. The van der Waals surface area contributed by atoms with E-state index in [1.807, 2.05) is 0 Å². The summed E-state index contributed by atoms with van der Waals surface area (Å²) in [6, 6.07) is 0. The normalized spacial score (nSPS) is 12.7. The van der Waals surface area contributed by atoms with Crippen molar-refractivity contribution in [3.63, 3.8) is 0 Å². The summed E-state index contributed by atoms with van der Waals surface area (Å²) < 4.78 is 18.0. The fourth-order valence-corrected chi connectivity index (χ4v) is 15.2. The van der Waals surface area contributed by atoms with E-state index in [-0.39, 0.29) is 0 Å². The average molecular weight is 887 g/mol. The Morgan fingerprint density at radius 3 is 0.860 bits per heavy atom. The topological polar surface area (TPSA) is 68.2 Å². The molecule has 0 spiro atoms. The van der Waals surface area contributed by atoms with Gasteiger partial charge < -0.3 is 13.6 Å². The van der Waals surface area contributed by atoms with Crippen LogP contribution in [-0.2, 0) is 25.4 Å². The van der Waals surface area contributed by atoms with E-state index in [1.165, 1.54) is 180 Å². The third-order valence-electron chi connectivity index (χ3n) is 11.1. The van der Waals surface area contributed by atoms with Crippen molar-refractivity contribution in [1.82, 2.24) is 0 Å². The van der Waals surface area contributed by atoms with Crippen molar-refractivity contribution in [3.05, 3.63) is 0 Å². The van der Waals surface area contributed by atoms with Crippen molar-refractivity contribution in [2.24, 2.45) is 0 Å². The van der Waals surface area contributed by atoms with Crippen LogP contribution in [0.1, 0.15) is 273 Å². The van der Waals surface area contributed by atoms with E-state index in [2.05, 4.69) is 41.5 Å². The fourth-order valence-electron chi connectivity index (χ4n) is 7.11. The molecule has 0 rings (SSSR count). The Hall–Kier alpha value is 1.23. The van der Waals surface area contributed by atoms with E-state index < -0.39 is 13.0 Å². The first-order valence-corrected chi connectivity index (χ1v) is 32.0. The van der Waals surface area contributed by atoms with Gasteiger partial charge in [0.05, 0.1) is 19.8 Å². The van der Waals surface area contributed by atoms with Crippen LogP contribution in [0.25, 0.3) is 0 Å². The molecule has 0 atom stereocenters. The summed E-state index contributed by atoms with van der Waals surface area (Å²) in [5.41, 5.74) is 0. The molecule has 0 saturated carbocycles. The molecule has 0 fully saturated rings. The van der Waals surface area contributed by atoms with E-state index in [0.717, 1.165) is 57.1 Å². The zero-order valence-corrected chi connectivity index (χ0v) is 43.0. The van der Waals surface area contributed by atoms with Crippen molar-refractivity contribution in [3.8, 4) is 0 Å². The molecule has 5 nitrogen and oxygen atoms in total. The molecule has 0 heterocycles. The summed E-state index contributed by atoms with van der Waals surface area (Å²) in [7, 11) is 0. The standard InChI is InChI=1S/C24H51O3PS.C24H53O2PS/c1-4-7-10-13-16-19-22-25-28(29,26-23-20-17-14-11-8-5-2)27-24-21-18-15-12-9-6-3;1-4-7-10-13-16-19-22-27(25,26,23-20-17-14-11-8-5-2)28-24-21-18-15-12-9-6-3/h4-24H2,1-3H3;25-26H,4-24H2,1-3H3. The molecule has 0 aromatic heterocycles. The van der Waals surface area contributed by atoms with Gasteiger partial charge in [0.25, 0.3) is 0 Å². The molecule has 0 aromatic rings. The average Bonchev–Trinajstić information content (AvgIpc) is 3.19. The van der Waals surface area contributed by atoms with E-state index >= 15 is 0 Å². The summed E-state index contributed by atoms with van der Waals surface area (Å²) in [6.07, 6.45) is 42.5. The van der Waals surface area contributed by atoms with Crippen LogP contribution in [0.3, 0.4) is 0 Å². The first-order chi connectivity index (χ1) is 27.6. The molecule has 2 N–H and O–H groups in total. The predicted octanol–water partition coefficient (Wildman–Crippen LogP) is 18.4. The third kappa shape index (κ3) is 45.1. The second-order valence-corrected chi connectivity index (χ2v) is 27.6. The second-order valence-electron chi connectivity index (χ2n) is 17.1. The molecule has 57 heavy (non-hydrogen) atoms. The van der Waals surface area contributed by atoms with Gasteiger partial charge in [-0.05, 0) is 31.1 Å². The van der Waals surface area contributed by atoms with Crippen LogP contribution < -0.4 is 0 Å². The third-order valence-corrected chi connectivity index (χ3v) is 20.4. The zero-order chi connectivity index (χ0) is 42.5. The number of hydrogen-bond acceptors (Lipinski definition) is 7. The van der Waals surface area contributed by atoms with Gasteiger partial charge in [-0.15, -0.1) is 0 Å². The Labute approximate surface area is 368 Å². The SMILES string of the molecule is CCCCCCCCOP(=S)(OCCCCCCCC)OCCCCCCCC.CCCCCCCCSP(O)(O)(CCCCCCCC)CCCCCCCC. The second kappa shape index (κ2) is 45.3. The van der Waals surface area contributed by atoms with Gasteiger partial charge in [0.15, 0.2) is 0 Å². The van der Waals surface area contributed by atoms with Crippen molar-refractivity contribution in [2.75, 3.05) is 37.9 Å². The van der Waals surface area contributed by atoms with Crippen LogP contribution in [0.5, 0.6) is 0 Å². The van der Waals surface area contributed by atoms with Gasteiger partial charge in [0, 0.05) is 0 Å². The van der Waals surface area contributed by atoms with Gasteiger partial charge in [-0.1, -0.05) is 117 Å². The van der Waals surface area contributed by atoms with E-state index in [4.69, 9.17) is 25.4 Å². The van der Waals surface area contributed by atoms with Gasteiger partial charge in [-0.3, -0.25) is 0 Å². The molecule has 0 radical (unpaired) electrons. The summed E-state index contributed by atoms with van der Waals surface area (Å²) in [5, 5.41) is 0. The Morgan fingerprint density at radius 1 is 0.351 bits per heavy atom. The molecule has 0 amide bonds. The Balaban J connectivity index is 0. The molecule has 348 valence electrons. The van der Waals surface area contributed by atoms with E-state index in [0.29, 0.717) is 32.1 Å². The molecular weight excluding hydrogens is 783 g/mol. The first kappa shape index (κ1) is 60.3. The van der Waals surface area contributed by atoms with Crippen molar-refractivity contribution in [1.29, 1.82) is 0 Å². The van der Waals surface area contributed by atoms with E-state index in [9.17, 15) is 9.79 Å². The Morgan fingerprint density at radius 2 is 0.579 bits per heavy atom. The molecular formula is C48H104O5P2S2. The molecule has 0 bridgehead atoms. The summed E-state index contributed by atoms with van der Waals surface area (Å²) in [5.74, 6) is 0.933.